The number of fused-ring (bicyclic) bond motifs is 6. The molecule has 0 aromatic heterocycles. The van der Waals surface area contributed by atoms with Gasteiger partial charge in [0.1, 0.15) is 11.5 Å². The number of nitrogens with zero attached hydrogens (tertiary/aromatic N) is 1. The first-order valence-corrected chi connectivity index (χ1v) is 15.8. The Bertz CT molecular complexity index is 1290. The minimum absolute atomic E-state index is 0.589. The van der Waals surface area contributed by atoms with Gasteiger partial charge in [-0.2, -0.15) is 4.44 Å². The lowest BCUT2D eigenvalue weighted by atomic mass is 10.00. The molecule has 3 atom stereocenters. The first-order chi connectivity index (χ1) is 18.3. The largest absolute Gasteiger partial charge is 0.453 e. The van der Waals surface area contributed by atoms with Crippen LogP contribution in [0.1, 0.15) is 39.5 Å². The zero-order valence-electron chi connectivity index (χ0n) is 21.5. The molecule has 0 fully saturated rings. The molecule has 188 valence electrons. The van der Waals surface area contributed by atoms with E-state index in [1.54, 1.807) is 0 Å². The smallest absolute Gasteiger partial charge is 0.204 e. The van der Waals surface area contributed by atoms with Crippen molar-refractivity contribution in [2.24, 2.45) is 5.92 Å². The van der Waals surface area contributed by atoms with Gasteiger partial charge < -0.3 is 9.05 Å². The fourth-order valence-electron chi connectivity index (χ4n) is 5.27. The summed E-state index contributed by atoms with van der Waals surface area (Å²) >= 11 is 0. The third kappa shape index (κ3) is 4.70. The summed E-state index contributed by atoms with van der Waals surface area (Å²) in [6.45, 7) is 5.57. The summed E-state index contributed by atoms with van der Waals surface area (Å²) in [5, 5.41) is 2.56. The van der Waals surface area contributed by atoms with E-state index in [1.807, 2.05) is 0 Å². The fourth-order valence-corrected chi connectivity index (χ4v) is 10.2. The molecule has 0 saturated carbocycles. The van der Waals surface area contributed by atoms with E-state index in [-0.39, 0.29) is 0 Å². The van der Waals surface area contributed by atoms with Crippen LogP contribution >= 0.6 is 16.6 Å². The monoisotopic (exact) mass is 525 g/mol. The van der Waals surface area contributed by atoms with Crippen LogP contribution in [0.3, 0.4) is 0 Å². The summed E-state index contributed by atoms with van der Waals surface area (Å²) in [5.41, 5.74) is 4.92. The average Bonchev–Trinajstić information content (AvgIpc) is 2.97. The SMILES string of the molecule is CCCCC(CC)CN(P1Oc2ccccc2-c2ccccc21)P1Oc2ccccc2-c2ccccc21. The van der Waals surface area contributed by atoms with Crippen LogP contribution in [0.4, 0.5) is 0 Å². The molecule has 37 heavy (non-hydrogen) atoms. The van der Waals surface area contributed by atoms with Gasteiger partial charge in [0.05, 0.1) is 0 Å². The Morgan fingerprint density at radius 1 is 0.622 bits per heavy atom. The maximum Gasteiger partial charge on any atom is 0.204 e. The van der Waals surface area contributed by atoms with Gasteiger partial charge in [0.15, 0.2) is 0 Å². The molecule has 0 N–H and O–H groups in total. The van der Waals surface area contributed by atoms with Crippen molar-refractivity contribution in [1.29, 1.82) is 0 Å². The molecule has 0 radical (unpaired) electrons. The highest BCUT2D eigenvalue weighted by Crippen LogP contribution is 2.63. The minimum Gasteiger partial charge on any atom is -0.453 e. The van der Waals surface area contributed by atoms with E-state index in [1.165, 1.54) is 52.1 Å². The molecule has 4 aromatic rings. The molecular formula is C32H33NO2P2. The molecule has 0 amide bonds. The first kappa shape index (κ1) is 24.6. The molecule has 5 heteroatoms. The lowest BCUT2D eigenvalue weighted by Crippen LogP contribution is -2.34. The lowest BCUT2D eigenvalue weighted by Gasteiger charge is -2.42. The van der Waals surface area contributed by atoms with Crippen LogP contribution in [0.25, 0.3) is 22.3 Å². The molecule has 0 saturated heterocycles. The van der Waals surface area contributed by atoms with E-state index in [0.29, 0.717) is 5.92 Å². The summed E-state index contributed by atoms with van der Waals surface area (Å²) < 4.78 is 16.5. The third-order valence-electron chi connectivity index (χ3n) is 7.33. The number of para-hydroxylation sites is 2. The van der Waals surface area contributed by atoms with Crippen molar-refractivity contribution in [3.8, 4) is 33.8 Å². The van der Waals surface area contributed by atoms with Crippen molar-refractivity contribution in [1.82, 2.24) is 4.44 Å². The Balaban J connectivity index is 1.48. The van der Waals surface area contributed by atoms with Gasteiger partial charge in [-0.1, -0.05) is 106 Å². The minimum atomic E-state index is -1.09. The number of rotatable bonds is 8. The topological polar surface area (TPSA) is 21.7 Å². The highest BCUT2D eigenvalue weighted by atomic mass is 31.2. The Kier molecular flexibility index (Phi) is 7.30. The fraction of sp³-hybridized carbons (Fsp3) is 0.250. The van der Waals surface area contributed by atoms with Crippen LogP contribution in [0.2, 0.25) is 0 Å². The predicted molar refractivity (Wildman–Crippen MR) is 158 cm³/mol. The third-order valence-corrected chi connectivity index (χ3v) is 11.8. The Morgan fingerprint density at radius 2 is 1.08 bits per heavy atom. The van der Waals surface area contributed by atoms with Crippen molar-refractivity contribution in [2.75, 3.05) is 6.54 Å². The van der Waals surface area contributed by atoms with Crippen molar-refractivity contribution >= 4 is 27.2 Å². The van der Waals surface area contributed by atoms with Crippen LogP contribution in [0, 0.1) is 5.92 Å². The summed E-state index contributed by atoms with van der Waals surface area (Å²) in [6, 6.07) is 34.5. The van der Waals surface area contributed by atoms with Crippen molar-refractivity contribution in [2.45, 2.75) is 39.5 Å². The number of hydrogen-bond donors (Lipinski definition) is 0. The molecule has 2 aliphatic rings. The van der Waals surface area contributed by atoms with Gasteiger partial charge in [0.2, 0.25) is 16.6 Å². The van der Waals surface area contributed by atoms with Crippen molar-refractivity contribution in [3.63, 3.8) is 0 Å². The standard InChI is InChI=1S/C32H33NO2P2/c1-3-5-14-24(4-2)23-33(36-31-21-12-8-17-27(31)25-15-6-10-19-29(25)34-36)37-32-22-13-9-18-28(32)26-16-7-11-20-30(26)35-37/h6-13,15-22,24H,3-5,14,23H2,1-2H3. The Morgan fingerprint density at radius 3 is 1.57 bits per heavy atom. The summed E-state index contributed by atoms with van der Waals surface area (Å²) in [4.78, 5) is 0. The quantitative estimate of drug-likeness (QED) is 0.214. The Hall–Kier alpha value is -2.70. The van der Waals surface area contributed by atoms with Crippen LogP contribution < -0.4 is 19.7 Å². The summed E-state index contributed by atoms with van der Waals surface area (Å²) in [7, 11) is -2.18. The van der Waals surface area contributed by atoms with E-state index in [2.05, 4.69) is 115 Å². The van der Waals surface area contributed by atoms with E-state index < -0.39 is 16.6 Å². The normalized spacial score (nSPS) is 18.0. The Labute approximate surface area is 223 Å². The van der Waals surface area contributed by atoms with Gasteiger partial charge in [-0.15, -0.1) is 0 Å². The van der Waals surface area contributed by atoms with Gasteiger partial charge in [0.25, 0.3) is 0 Å². The van der Waals surface area contributed by atoms with Gasteiger partial charge in [0, 0.05) is 28.3 Å². The number of hydrogen-bond acceptors (Lipinski definition) is 3. The molecule has 3 nitrogen and oxygen atoms in total. The van der Waals surface area contributed by atoms with Crippen LogP contribution in [0.5, 0.6) is 11.5 Å². The summed E-state index contributed by atoms with van der Waals surface area (Å²) in [6.07, 6.45) is 4.85. The lowest BCUT2D eigenvalue weighted by molar-refractivity contribution is 0.386. The van der Waals surface area contributed by atoms with Gasteiger partial charge in [-0.25, -0.2) is 0 Å². The molecule has 2 aliphatic heterocycles. The van der Waals surface area contributed by atoms with Crippen LogP contribution in [-0.2, 0) is 0 Å². The zero-order valence-corrected chi connectivity index (χ0v) is 23.3. The molecule has 0 aliphatic carbocycles. The van der Waals surface area contributed by atoms with E-state index in [9.17, 15) is 0 Å². The second-order valence-corrected chi connectivity index (χ2v) is 13.4. The number of unbranched alkanes of at least 4 members (excludes halogenated alkanes) is 1. The average molecular weight is 526 g/mol. The predicted octanol–water partition coefficient (Wildman–Crippen LogP) is 8.90. The molecule has 2 heterocycles. The molecule has 3 unspecified atom stereocenters. The molecule has 0 spiro atoms. The maximum absolute atomic E-state index is 6.95. The van der Waals surface area contributed by atoms with Gasteiger partial charge in [-0.3, -0.25) is 0 Å². The van der Waals surface area contributed by atoms with Crippen molar-refractivity contribution in [3.05, 3.63) is 97.1 Å². The van der Waals surface area contributed by atoms with E-state index in [0.717, 1.165) is 24.5 Å². The second kappa shape index (κ2) is 11.0. The van der Waals surface area contributed by atoms with E-state index >= 15 is 0 Å². The van der Waals surface area contributed by atoms with Crippen LogP contribution in [0.15, 0.2) is 97.1 Å². The number of benzene rings is 4. The highest BCUT2D eigenvalue weighted by molar-refractivity contribution is 7.74. The van der Waals surface area contributed by atoms with Gasteiger partial charge in [-0.05, 0) is 47.7 Å². The van der Waals surface area contributed by atoms with E-state index in [4.69, 9.17) is 9.05 Å². The second-order valence-electron chi connectivity index (χ2n) is 9.73. The maximum atomic E-state index is 6.95. The molecule has 6 rings (SSSR count). The van der Waals surface area contributed by atoms with Crippen LogP contribution in [-0.4, -0.2) is 11.0 Å². The zero-order chi connectivity index (χ0) is 25.2. The first-order valence-electron chi connectivity index (χ1n) is 13.4. The molecule has 0 bridgehead atoms. The highest BCUT2D eigenvalue weighted by Gasteiger charge is 2.41. The molecule has 4 aromatic carbocycles. The summed E-state index contributed by atoms with van der Waals surface area (Å²) in [5.74, 6) is 2.53. The van der Waals surface area contributed by atoms with Gasteiger partial charge >= 0.3 is 0 Å². The molecular weight excluding hydrogens is 492 g/mol. The van der Waals surface area contributed by atoms with Crippen molar-refractivity contribution < 1.29 is 9.05 Å².